The predicted molar refractivity (Wildman–Crippen MR) is 114 cm³/mol. The molecule has 1 aliphatic carbocycles. The molecule has 1 aromatic rings. The Morgan fingerprint density at radius 2 is 2.10 bits per heavy atom. The fraction of sp³-hybridized carbons (Fsp3) is 0.650. The summed E-state index contributed by atoms with van der Waals surface area (Å²) in [7, 11) is 1.95. The molecule has 0 aromatic carbocycles. The standard InChI is InChI=1S/C20H28ClF3N4S/c1-25-9-7-13-4-3-10-28(11-8-13)15-12-14(22)20(19(24)18(15)21)29-27-17-6-2-5-16(23)26-17/h2,5-6,13-15,20,25H,3-4,7-12H2,1H3,(H,26,27). The molecule has 0 amide bonds. The number of rotatable bonds is 7. The number of pyridine rings is 1. The zero-order valence-electron chi connectivity index (χ0n) is 16.5. The summed E-state index contributed by atoms with van der Waals surface area (Å²) in [6.07, 6.45) is 3.05. The molecule has 0 radical (unpaired) electrons. The van der Waals surface area contributed by atoms with Gasteiger partial charge in [-0.1, -0.05) is 17.7 Å². The van der Waals surface area contributed by atoms with Crippen molar-refractivity contribution in [2.75, 3.05) is 31.4 Å². The lowest BCUT2D eigenvalue weighted by Crippen LogP contribution is -2.44. The van der Waals surface area contributed by atoms with E-state index in [2.05, 4.69) is 19.9 Å². The van der Waals surface area contributed by atoms with Gasteiger partial charge in [0.2, 0.25) is 5.95 Å². The molecule has 1 aromatic heterocycles. The van der Waals surface area contributed by atoms with Gasteiger partial charge in [0.25, 0.3) is 0 Å². The first kappa shape index (κ1) is 22.7. The highest BCUT2D eigenvalue weighted by Gasteiger charge is 2.40. The molecule has 0 spiro atoms. The molecule has 2 aliphatic rings. The molecule has 29 heavy (non-hydrogen) atoms. The lowest BCUT2D eigenvalue weighted by molar-refractivity contribution is 0.164. The molecule has 4 unspecified atom stereocenters. The summed E-state index contributed by atoms with van der Waals surface area (Å²) in [6, 6.07) is 3.82. The van der Waals surface area contributed by atoms with Crippen LogP contribution in [0.2, 0.25) is 0 Å². The van der Waals surface area contributed by atoms with Crippen LogP contribution in [0.25, 0.3) is 0 Å². The van der Waals surface area contributed by atoms with Crippen molar-refractivity contribution < 1.29 is 13.2 Å². The van der Waals surface area contributed by atoms with E-state index in [0.29, 0.717) is 5.92 Å². The van der Waals surface area contributed by atoms with Crippen molar-refractivity contribution in [3.63, 3.8) is 0 Å². The molecular weight excluding hydrogens is 421 g/mol. The van der Waals surface area contributed by atoms with Gasteiger partial charge in [-0.2, -0.15) is 4.39 Å². The SMILES string of the molecule is CNCCC1CCCN(C2CC(F)C(SNc3cccc(F)n3)C(F)=C2Cl)CC1. The van der Waals surface area contributed by atoms with Gasteiger partial charge < -0.3 is 10.0 Å². The summed E-state index contributed by atoms with van der Waals surface area (Å²) in [4.78, 5) is 5.78. The van der Waals surface area contributed by atoms with Crippen molar-refractivity contribution in [2.45, 2.75) is 49.6 Å². The molecule has 0 bridgehead atoms. The van der Waals surface area contributed by atoms with E-state index in [9.17, 15) is 13.2 Å². The molecule has 2 N–H and O–H groups in total. The number of halogens is 4. The van der Waals surface area contributed by atoms with Gasteiger partial charge in [0, 0.05) is 6.42 Å². The van der Waals surface area contributed by atoms with E-state index in [-0.39, 0.29) is 17.3 Å². The molecule has 9 heteroatoms. The third-order valence-corrected chi connectivity index (χ3v) is 7.19. The lowest BCUT2D eigenvalue weighted by Gasteiger charge is -2.37. The van der Waals surface area contributed by atoms with E-state index in [1.807, 2.05) is 7.05 Å². The molecule has 4 atom stereocenters. The summed E-state index contributed by atoms with van der Waals surface area (Å²) in [5.74, 6) is -0.441. The first-order valence-corrected chi connectivity index (χ1v) is 11.4. The van der Waals surface area contributed by atoms with Crippen molar-refractivity contribution in [3.8, 4) is 0 Å². The first-order chi connectivity index (χ1) is 14.0. The number of likely N-dealkylation sites (tertiary alicyclic amines) is 1. The minimum Gasteiger partial charge on any atom is -0.320 e. The highest BCUT2D eigenvalue weighted by molar-refractivity contribution is 8.01. The maximum absolute atomic E-state index is 14.9. The first-order valence-electron chi connectivity index (χ1n) is 10.1. The Hall–Kier alpha value is -0.960. The minimum absolute atomic E-state index is 0.0964. The highest BCUT2D eigenvalue weighted by atomic mass is 35.5. The van der Waals surface area contributed by atoms with E-state index >= 15 is 0 Å². The quantitative estimate of drug-likeness (QED) is 0.459. The maximum Gasteiger partial charge on any atom is 0.214 e. The summed E-state index contributed by atoms with van der Waals surface area (Å²) in [6.45, 7) is 2.60. The van der Waals surface area contributed by atoms with Crippen LogP contribution in [0.15, 0.2) is 29.1 Å². The Morgan fingerprint density at radius 3 is 2.86 bits per heavy atom. The number of nitrogens with zero attached hydrogens (tertiary/aromatic N) is 2. The van der Waals surface area contributed by atoms with Crippen molar-refractivity contribution in [1.82, 2.24) is 15.2 Å². The van der Waals surface area contributed by atoms with Gasteiger partial charge in [-0.15, -0.1) is 0 Å². The normalized spacial score (nSPS) is 29.0. The van der Waals surface area contributed by atoms with E-state index in [4.69, 9.17) is 11.6 Å². The van der Waals surface area contributed by atoms with Crippen LogP contribution in [0.3, 0.4) is 0 Å². The second-order valence-corrected chi connectivity index (χ2v) is 9.03. The zero-order chi connectivity index (χ0) is 20.8. The Kier molecular flexibility index (Phi) is 8.53. The Balaban J connectivity index is 1.62. The van der Waals surface area contributed by atoms with Crippen LogP contribution in [0.1, 0.15) is 32.1 Å². The van der Waals surface area contributed by atoms with Crippen LogP contribution in [-0.4, -0.2) is 54.0 Å². The summed E-state index contributed by atoms with van der Waals surface area (Å²) < 4.78 is 45.7. The molecule has 3 rings (SSSR count). The smallest absolute Gasteiger partial charge is 0.214 e. The summed E-state index contributed by atoms with van der Waals surface area (Å²) in [5, 5.41) is 2.21. The van der Waals surface area contributed by atoms with Crippen molar-refractivity contribution in [1.29, 1.82) is 0 Å². The largest absolute Gasteiger partial charge is 0.320 e. The average molecular weight is 449 g/mol. The number of hydrogen-bond acceptors (Lipinski definition) is 5. The van der Waals surface area contributed by atoms with Gasteiger partial charge in [0.15, 0.2) is 0 Å². The van der Waals surface area contributed by atoms with E-state index in [1.165, 1.54) is 12.1 Å². The van der Waals surface area contributed by atoms with Crippen LogP contribution in [0, 0.1) is 11.9 Å². The lowest BCUT2D eigenvalue weighted by atomic mass is 9.96. The predicted octanol–water partition coefficient (Wildman–Crippen LogP) is 4.89. The van der Waals surface area contributed by atoms with E-state index in [0.717, 1.165) is 57.3 Å². The van der Waals surface area contributed by atoms with Gasteiger partial charge in [0.1, 0.15) is 23.1 Å². The molecule has 1 saturated heterocycles. The molecule has 162 valence electrons. The van der Waals surface area contributed by atoms with Crippen LogP contribution in [0.4, 0.5) is 19.0 Å². The number of anilines is 1. The Labute approximate surface area is 179 Å². The molecule has 1 fully saturated rings. The molecule has 2 heterocycles. The fourth-order valence-corrected chi connectivity index (χ4v) is 5.31. The van der Waals surface area contributed by atoms with Crippen LogP contribution in [0.5, 0.6) is 0 Å². The molecule has 1 aliphatic heterocycles. The van der Waals surface area contributed by atoms with Gasteiger partial charge in [0.05, 0.1) is 11.1 Å². The fourth-order valence-electron chi connectivity index (χ4n) is 4.05. The zero-order valence-corrected chi connectivity index (χ0v) is 18.1. The van der Waals surface area contributed by atoms with E-state index < -0.39 is 29.2 Å². The third kappa shape index (κ3) is 6.03. The maximum atomic E-state index is 14.9. The molecule has 4 nitrogen and oxygen atoms in total. The van der Waals surface area contributed by atoms with Crippen LogP contribution < -0.4 is 10.0 Å². The van der Waals surface area contributed by atoms with Crippen LogP contribution in [-0.2, 0) is 0 Å². The minimum atomic E-state index is -1.39. The second kappa shape index (κ2) is 10.9. The van der Waals surface area contributed by atoms with Gasteiger partial charge in [-0.25, -0.2) is 13.8 Å². The monoisotopic (exact) mass is 448 g/mol. The van der Waals surface area contributed by atoms with Crippen molar-refractivity contribution >= 4 is 29.4 Å². The van der Waals surface area contributed by atoms with Crippen molar-refractivity contribution in [3.05, 3.63) is 35.0 Å². The number of hydrogen-bond donors (Lipinski definition) is 2. The van der Waals surface area contributed by atoms with Gasteiger partial charge in [-0.3, -0.25) is 4.90 Å². The Morgan fingerprint density at radius 1 is 1.28 bits per heavy atom. The van der Waals surface area contributed by atoms with Gasteiger partial charge in [-0.05, 0) is 82.4 Å². The number of aromatic nitrogens is 1. The van der Waals surface area contributed by atoms with Crippen molar-refractivity contribution in [2.24, 2.45) is 5.92 Å². The van der Waals surface area contributed by atoms with E-state index in [1.54, 1.807) is 6.07 Å². The number of nitrogens with one attached hydrogen (secondary N) is 2. The summed E-state index contributed by atoms with van der Waals surface area (Å²) >= 11 is 7.22. The molecule has 0 saturated carbocycles. The third-order valence-electron chi connectivity index (χ3n) is 5.68. The summed E-state index contributed by atoms with van der Waals surface area (Å²) in [5.41, 5.74) is 0. The average Bonchev–Trinajstić information content (AvgIpc) is 2.94. The molecular formula is C20H28ClF3N4S. The topological polar surface area (TPSA) is 40.2 Å². The number of alkyl halides is 1. The van der Waals surface area contributed by atoms with Crippen LogP contribution >= 0.6 is 23.5 Å². The Bertz CT molecular complexity index is 708. The second-order valence-electron chi connectivity index (χ2n) is 7.67. The highest BCUT2D eigenvalue weighted by Crippen LogP contribution is 2.40. The van der Waals surface area contributed by atoms with Gasteiger partial charge >= 0.3 is 0 Å².